The largest absolute Gasteiger partial charge is 0.465 e. The van der Waals surface area contributed by atoms with Crippen LogP contribution in [0.2, 0.25) is 0 Å². The van der Waals surface area contributed by atoms with Gasteiger partial charge in [0.05, 0.1) is 10.1 Å². The molecule has 1 saturated heterocycles. The standard InChI is InChI=1S/C30H32FN3O6S/c1-17-24(13-20(14-26(17)31)28(35)32-21-5-6-21)19-4-7-23-25(12-19)27(16-34(29(23)36)15-18-2-3-18)41(39,40)22-8-10-33(11-9-22)30(37)38/h4,7,12-14,16,18,21-22H,2-3,5-6,8-11,15H2,1H3,(H,32,35)(H,37,38). The lowest BCUT2D eigenvalue weighted by atomic mass is 9.95. The number of piperidine rings is 1. The van der Waals surface area contributed by atoms with Gasteiger partial charge in [0.15, 0.2) is 9.84 Å². The second-order valence-electron chi connectivity index (χ2n) is 11.5. The number of benzene rings is 2. The number of nitrogens with zero attached hydrogens (tertiary/aromatic N) is 2. The Bertz CT molecular complexity index is 1740. The summed E-state index contributed by atoms with van der Waals surface area (Å²) in [5.41, 5.74) is 1.12. The number of halogens is 1. The fraction of sp³-hybridized carbons (Fsp3) is 0.433. The van der Waals surface area contributed by atoms with Crippen LogP contribution in [0.5, 0.6) is 0 Å². The number of nitrogens with one attached hydrogen (secondary N) is 1. The lowest BCUT2D eigenvalue weighted by Gasteiger charge is -2.30. The maximum absolute atomic E-state index is 15.0. The number of rotatable bonds is 7. The maximum atomic E-state index is 15.0. The van der Waals surface area contributed by atoms with Crippen LogP contribution in [-0.2, 0) is 16.4 Å². The van der Waals surface area contributed by atoms with Gasteiger partial charge >= 0.3 is 6.09 Å². The molecular weight excluding hydrogens is 549 g/mol. The molecule has 2 N–H and O–H groups in total. The van der Waals surface area contributed by atoms with Gasteiger partial charge in [-0.3, -0.25) is 9.59 Å². The highest BCUT2D eigenvalue weighted by atomic mass is 32.2. The van der Waals surface area contributed by atoms with Gasteiger partial charge in [0, 0.05) is 48.2 Å². The third kappa shape index (κ3) is 5.35. The third-order valence-corrected chi connectivity index (χ3v) is 10.8. The first kappa shape index (κ1) is 27.4. The molecule has 0 atom stereocenters. The Labute approximate surface area is 236 Å². The fourth-order valence-corrected chi connectivity index (χ4v) is 7.55. The van der Waals surface area contributed by atoms with Crippen LogP contribution in [0.25, 0.3) is 21.9 Å². The molecular formula is C30H32FN3O6S. The quantitative estimate of drug-likeness (QED) is 0.428. The van der Waals surface area contributed by atoms with Gasteiger partial charge in [0.25, 0.3) is 11.5 Å². The highest BCUT2D eigenvalue weighted by molar-refractivity contribution is 7.92. The maximum Gasteiger partial charge on any atom is 0.407 e. The van der Waals surface area contributed by atoms with E-state index >= 15 is 4.39 Å². The van der Waals surface area contributed by atoms with Gasteiger partial charge in [-0.15, -0.1) is 0 Å². The van der Waals surface area contributed by atoms with E-state index in [1.165, 1.54) is 21.7 Å². The minimum Gasteiger partial charge on any atom is -0.465 e. The summed E-state index contributed by atoms with van der Waals surface area (Å²) in [5.74, 6) is -0.595. The van der Waals surface area contributed by atoms with Gasteiger partial charge < -0.3 is 19.9 Å². The van der Waals surface area contributed by atoms with E-state index in [2.05, 4.69) is 5.32 Å². The molecule has 3 aromatic rings. The molecule has 3 fully saturated rings. The van der Waals surface area contributed by atoms with Crippen molar-refractivity contribution in [1.82, 2.24) is 14.8 Å². The monoisotopic (exact) mass is 581 g/mol. The van der Waals surface area contributed by atoms with Gasteiger partial charge in [-0.1, -0.05) is 6.07 Å². The van der Waals surface area contributed by atoms with Crippen LogP contribution in [-0.4, -0.2) is 59.4 Å². The highest BCUT2D eigenvalue weighted by Crippen LogP contribution is 2.35. The molecule has 9 nitrogen and oxygen atoms in total. The first-order valence-corrected chi connectivity index (χ1v) is 15.6. The number of amides is 2. The zero-order chi connectivity index (χ0) is 29.1. The van der Waals surface area contributed by atoms with Crippen molar-refractivity contribution in [1.29, 1.82) is 0 Å². The topological polar surface area (TPSA) is 126 Å². The molecule has 6 rings (SSSR count). The highest BCUT2D eigenvalue weighted by Gasteiger charge is 2.35. The van der Waals surface area contributed by atoms with Crippen LogP contribution in [0.1, 0.15) is 54.4 Å². The first-order valence-electron chi connectivity index (χ1n) is 14.0. The SMILES string of the molecule is Cc1c(F)cc(C(=O)NC2CC2)cc1-c1ccc2c(=O)n(CC3CC3)cc(S(=O)(=O)C3CCN(C(=O)O)CC3)c2c1. The average Bonchev–Trinajstić information content (AvgIpc) is 3.89. The molecule has 2 aliphatic carbocycles. The second kappa shape index (κ2) is 10.3. The molecule has 0 radical (unpaired) electrons. The number of carbonyl (C=O) groups is 2. The van der Waals surface area contributed by atoms with E-state index in [-0.39, 0.29) is 64.7 Å². The zero-order valence-electron chi connectivity index (χ0n) is 22.7. The molecule has 2 amide bonds. The van der Waals surface area contributed by atoms with Crippen molar-refractivity contribution in [2.45, 2.75) is 68.2 Å². The number of likely N-dealkylation sites (tertiary alicyclic amines) is 1. The van der Waals surface area contributed by atoms with Crippen molar-refractivity contribution >= 4 is 32.6 Å². The van der Waals surface area contributed by atoms with E-state index in [0.717, 1.165) is 25.7 Å². The van der Waals surface area contributed by atoms with Crippen LogP contribution in [0.3, 0.4) is 0 Å². The van der Waals surface area contributed by atoms with Crippen molar-refractivity contribution in [3.63, 3.8) is 0 Å². The average molecular weight is 582 g/mol. The summed E-state index contributed by atoms with van der Waals surface area (Å²) in [4.78, 5) is 38.8. The van der Waals surface area contributed by atoms with Crippen LogP contribution < -0.4 is 10.9 Å². The predicted octanol–water partition coefficient (Wildman–Crippen LogP) is 4.33. The van der Waals surface area contributed by atoms with Gasteiger partial charge in [-0.05, 0) is 92.3 Å². The number of aromatic nitrogens is 1. The number of pyridine rings is 1. The van der Waals surface area contributed by atoms with Crippen LogP contribution in [0.15, 0.2) is 46.2 Å². The van der Waals surface area contributed by atoms with E-state index in [0.29, 0.717) is 29.2 Å². The number of carbonyl (C=O) groups excluding carboxylic acids is 1. The molecule has 0 spiro atoms. The molecule has 1 aromatic heterocycles. The Morgan fingerprint density at radius 3 is 2.37 bits per heavy atom. The van der Waals surface area contributed by atoms with Crippen LogP contribution in [0, 0.1) is 18.7 Å². The van der Waals surface area contributed by atoms with E-state index in [1.807, 2.05) is 0 Å². The molecule has 41 heavy (non-hydrogen) atoms. The molecule has 2 saturated carbocycles. The lowest BCUT2D eigenvalue weighted by Crippen LogP contribution is -2.42. The number of carboxylic acid groups (broad SMARTS) is 1. The fourth-order valence-electron chi connectivity index (χ4n) is 5.61. The minimum absolute atomic E-state index is 0.0177. The summed E-state index contributed by atoms with van der Waals surface area (Å²) in [6.45, 7) is 2.24. The molecule has 0 unspecified atom stereocenters. The summed E-state index contributed by atoms with van der Waals surface area (Å²) in [6, 6.07) is 7.74. The van der Waals surface area contributed by atoms with E-state index in [9.17, 15) is 27.9 Å². The Kier molecular flexibility index (Phi) is 6.88. The van der Waals surface area contributed by atoms with Crippen molar-refractivity contribution < 1.29 is 27.5 Å². The molecule has 0 bridgehead atoms. The van der Waals surface area contributed by atoms with Crippen molar-refractivity contribution in [3.05, 3.63) is 63.8 Å². The molecule has 216 valence electrons. The van der Waals surface area contributed by atoms with E-state index in [4.69, 9.17) is 0 Å². The normalized spacial score (nSPS) is 18.0. The van der Waals surface area contributed by atoms with Crippen molar-refractivity contribution in [2.24, 2.45) is 5.92 Å². The smallest absolute Gasteiger partial charge is 0.407 e. The molecule has 1 aliphatic heterocycles. The Balaban J connectivity index is 1.47. The summed E-state index contributed by atoms with van der Waals surface area (Å²) in [7, 11) is -3.96. The summed E-state index contributed by atoms with van der Waals surface area (Å²) in [5, 5.41) is 11.9. The van der Waals surface area contributed by atoms with Crippen molar-refractivity contribution in [3.8, 4) is 11.1 Å². The Hall–Kier alpha value is -3.73. The summed E-state index contributed by atoms with van der Waals surface area (Å²) in [6.07, 6.45) is 4.40. The van der Waals surface area contributed by atoms with Crippen LogP contribution >= 0.6 is 0 Å². The Morgan fingerprint density at radius 2 is 1.73 bits per heavy atom. The molecule has 2 heterocycles. The van der Waals surface area contributed by atoms with E-state index in [1.54, 1.807) is 31.2 Å². The van der Waals surface area contributed by atoms with Gasteiger partial charge in [0.1, 0.15) is 5.82 Å². The molecule has 2 aromatic carbocycles. The number of hydrogen-bond donors (Lipinski definition) is 2. The Morgan fingerprint density at radius 1 is 1.02 bits per heavy atom. The van der Waals surface area contributed by atoms with E-state index < -0.39 is 27.0 Å². The minimum atomic E-state index is -3.96. The molecule has 11 heteroatoms. The number of sulfone groups is 1. The summed E-state index contributed by atoms with van der Waals surface area (Å²) < 4.78 is 44.6. The van der Waals surface area contributed by atoms with Crippen LogP contribution in [0.4, 0.5) is 9.18 Å². The van der Waals surface area contributed by atoms with Gasteiger partial charge in [-0.25, -0.2) is 17.6 Å². The number of hydrogen-bond acceptors (Lipinski definition) is 5. The predicted molar refractivity (Wildman–Crippen MR) is 151 cm³/mol. The van der Waals surface area contributed by atoms with Gasteiger partial charge in [0.2, 0.25) is 0 Å². The summed E-state index contributed by atoms with van der Waals surface area (Å²) >= 11 is 0. The lowest BCUT2D eigenvalue weighted by molar-refractivity contribution is 0.0950. The molecule has 3 aliphatic rings. The van der Waals surface area contributed by atoms with Crippen molar-refractivity contribution in [2.75, 3.05) is 13.1 Å². The third-order valence-electron chi connectivity index (χ3n) is 8.49. The number of fused-ring (bicyclic) bond motifs is 1. The zero-order valence-corrected chi connectivity index (χ0v) is 23.5. The first-order chi connectivity index (χ1) is 19.5. The van der Waals surface area contributed by atoms with Gasteiger partial charge in [-0.2, -0.15) is 0 Å². The second-order valence-corrected chi connectivity index (χ2v) is 13.7.